The van der Waals surface area contributed by atoms with Crippen LogP contribution in [0, 0.1) is 5.82 Å². The molecule has 1 aromatic rings. The maximum Gasteiger partial charge on any atom is 0.183 e. The molecule has 0 spiro atoms. The number of benzene rings is 1. The van der Waals surface area contributed by atoms with Crippen molar-refractivity contribution in [3.8, 4) is 0 Å². The number of hydrogen-bond acceptors (Lipinski definition) is 4. The van der Waals surface area contributed by atoms with E-state index in [2.05, 4.69) is 0 Å². The molecule has 16 heavy (non-hydrogen) atoms. The van der Waals surface area contributed by atoms with Crippen molar-refractivity contribution in [2.75, 3.05) is 18.9 Å². The van der Waals surface area contributed by atoms with Crippen molar-refractivity contribution in [2.24, 2.45) is 0 Å². The van der Waals surface area contributed by atoms with Gasteiger partial charge in [0.2, 0.25) is 0 Å². The van der Waals surface area contributed by atoms with Gasteiger partial charge in [0, 0.05) is 6.61 Å². The van der Waals surface area contributed by atoms with E-state index in [0.29, 0.717) is 13.0 Å². The Morgan fingerprint density at radius 2 is 2.19 bits per heavy atom. The third-order valence-electron chi connectivity index (χ3n) is 2.63. The normalized spacial score (nSPS) is 21.2. The molecular weight excluding hydrogens is 233 g/mol. The molecule has 2 rings (SSSR count). The number of nitrogen functional groups attached to an aromatic ring is 1. The zero-order chi connectivity index (χ0) is 11.8. The second kappa shape index (κ2) is 4.03. The van der Waals surface area contributed by atoms with Crippen LogP contribution >= 0.6 is 0 Å². The van der Waals surface area contributed by atoms with Crippen LogP contribution in [0.25, 0.3) is 0 Å². The van der Waals surface area contributed by atoms with Crippen molar-refractivity contribution >= 4 is 15.5 Å². The zero-order valence-electron chi connectivity index (χ0n) is 8.52. The molecule has 0 aliphatic carbocycles. The van der Waals surface area contributed by atoms with Crippen LogP contribution < -0.4 is 5.73 Å². The molecule has 0 radical (unpaired) electrons. The Morgan fingerprint density at radius 1 is 1.44 bits per heavy atom. The number of sulfone groups is 1. The van der Waals surface area contributed by atoms with Gasteiger partial charge >= 0.3 is 0 Å². The highest BCUT2D eigenvalue weighted by Gasteiger charge is 2.31. The van der Waals surface area contributed by atoms with E-state index in [4.69, 9.17) is 10.5 Å². The quantitative estimate of drug-likeness (QED) is 0.788. The Balaban J connectivity index is 2.39. The second-order valence-corrected chi connectivity index (χ2v) is 5.94. The Labute approximate surface area is 93.1 Å². The molecule has 4 nitrogen and oxygen atoms in total. The summed E-state index contributed by atoms with van der Waals surface area (Å²) in [6, 6.07) is 3.55. The first-order valence-electron chi connectivity index (χ1n) is 4.88. The molecule has 1 aliphatic rings. The maximum atomic E-state index is 13.2. The van der Waals surface area contributed by atoms with Crippen LogP contribution in [0.5, 0.6) is 0 Å². The smallest absolute Gasteiger partial charge is 0.183 e. The lowest BCUT2D eigenvalue weighted by Gasteiger charge is -2.10. The molecule has 1 aromatic carbocycles. The number of rotatable bonds is 2. The molecular formula is C10H12FNO3S. The second-order valence-electron chi connectivity index (χ2n) is 3.71. The molecule has 0 saturated carbocycles. The van der Waals surface area contributed by atoms with E-state index in [0.717, 1.165) is 6.07 Å². The highest BCUT2D eigenvalue weighted by Crippen LogP contribution is 2.24. The van der Waals surface area contributed by atoms with Gasteiger partial charge in [-0.2, -0.15) is 0 Å². The summed E-state index contributed by atoms with van der Waals surface area (Å²) >= 11 is 0. The molecule has 6 heteroatoms. The van der Waals surface area contributed by atoms with Crippen LogP contribution in [0.2, 0.25) is 0 Å². The molecule has 0 bridgehead atoms. The molecule has 2 N–H and O–H groups in total. The van der Waals surface area contributed by atoms with Crippen LogP contribution in [-0.2, 0) is 14.6 Å². The van der Waals surface area contributed by atoms with Gasteiger partial charge in [-0.15, -0.1) is 0 Å². The number of halogens is 1. The van der Waals surface area contributed by atoms with Crippen molar-refractivity contribution in [2.45, 2.75) is 16.6 Å². The van der Waals surface area contributed by atoms with Crippen LogP contribution in [-0.4, -0.2) is 26.9 Å². The number of ether oxygens (including phenoxy) is 1. The first kappa shape index (κ1) is 11.3. The van der Waals surface area contributed by atoms with Gasteiger partial charge in [0.05, 0.1) is 22.4 Å². The monoisotopic (exact) mass is 245 g/mol. The van der Waals surface area contributed by atoms with E-state index >= 15 is 0 Å². The summed E-state index contributed by atoms with van der Waals surface area (Å²) in [5.41, 5.74) is 5.24. The van der Waals surface area contributed by atoms with Crippen LogP contribution in [0.3, 0.4) is 0 Å². The minimum Gasteiger partial charge on any atom is -0.396 e. The zero-order valence-corrected chi connectivity index (χ0v) is 9.34. The predicted octanol–water partition coefficient (Wildman–Crippen LogP) is 0.971. The van der Waals surface area contributed by atoms with E-state index in [1.165, 1.54) is 12.1 Å². The third-order valence-corrected chi connectivity index (χ3v) is 4.79. The highest BCUT2D eigenvalue weighted by molar-refractivity contribution is 7.92. The average Bonchev–Trinajstić information content (AvgIpc) is 2.75. The fourth-order valence-corrected chi connectivity index (χ4v) is 3.23. The average molecular weight is 245 g/mol. The molecule has 1 fully saturated rings. The summed E-state index contributed by atoms with van der Waals surface area (Å²) in [6.45, 7) is 0.607. The fraction of sp³-hybridized carbons (Fsp3) is 0.400. The van der Waals surface area contributed by atoms with Gasteiger partial charge in [-0.05, 0) is 24.6 Å². The summed E-state index contributed by atoms with van der Waals surface area (Å²) in [7, 11) is -3.50. The van der Waals surface area contributed by atoms with Crippen LogP contribution in [0.1, 0.15) is 6.42 Å². The van der Waals surface area contributed by atoms with Gasteiger partial charge in [-0.3, -0.25) is 0 Å². The van der Waals surface area contributed by atoms with Crippen molar-refractivity contribution in [3.05, 3.63) is 24.0 Å². The van der Waals surface area contributed by atoms with E-state index in [1.807, 2.05) is 0 Å². The van der Waals surface area contributed by atoms with E-state index < -0.39 is 20.9 Å². The Kier molecular flexibility index (Phi) is 2.86. The summed E-state index contributed by atoms with van der Waals surface area (Å²) in [4.78, 5) is -0.0327. The highest BCUT2D eigenvalue weighted by atomic mass is 32.2. The van der Waals surface area contributed by atoms with E-state index in [1.54, 1.807) is 0 Å². The molecule has 1 heterocycles. The summed E-state index contributed by atoms with van der Waals surface area (Å²) < 4.78 is 42.2. The lowest BCUT2D eigenvalue weighted by atomic mass is 10.3. The number of hydrogen-bond donors (Lipinski definition) is 1. The molecule has 1 saturated heterocycles. The van der Waals surface area contributed by atoms with Crippen molar-refractivity contribution in [3.63, 3.8) is 0 Å². The van der Waals surface area contributed by atoms with E-state index in [9.17, 15) is 12.8 Å². The first-order valence-corrected chi connectivity index (χ1v) is 6.43. The number of nitrogens with two attached hydrogens (primary N) is 1. The molecule has 0 aromatic heterocycles. The largest absolute Gasteiger partial charge is 0.396 e. The first-order chi connectivity index (χ1) is 7.51. The van der Waals surface area contributed by atoms with Gasteiger partial charge in [0.25, 0.3) is 0 Å². The standard InChI is InChI=1S/C10H12FNO3S/c11-9-5-7(1-2-10(9)12)16(13,14)8-3-4-15-6-8/h1-2,5,8H,3-4,6,12H2. The van der Waals surface area contributed by atoms with Gasteiger partial charge in [0.15, 0.2) is 9.84 Å². The minimum absolute atomic E-state index is 0.0327. The maximum absolute atomic E-state index is 13.2. The number of anilines is 1. The van der Waals surface area contributed by atoms with Crippen molar-refractivity contribution in [1.82, 2.24) is 0 Å². The van der Waals surface area contributed by atoms with E-state index in [-0.39, 0.29) is 17.2 Å². The minimum atomic E-state index is -3.50. The summed E-state index contributed by atoms with van der Waals surface area (Å²) in [5, 5.41) is -0.574. The van der Waals surface area contributed by atoms with Crippen LogP contribution in [0.4, 0.5) is 10.1 Å². The molecule has 1 atom stereocenters. The summed E-state index contributed by atoms with van der Waals surface area (Å²) in [5.74, 6) is -0.708. The van der Waals surface area contributed by atoms with Gasteiger partial charge in [-0.1, -0.05) is 0 Å². The third kappa shape index (κ3) is 1.90. The van der Waals surface area contributed by atoms with Crippen LogP contribution in [0.15, 0.2) is 23.1 Å². The Hall–Kier alpha value is -1.14. The lowest BCUT2D eigenvalue weighted by Crippen LogP contribution is -2.21. The van der Waals surface area contributed by atoms with Gasteiger partial charge in [0.1, 0.15) is 5.82 Å². The summed E-state index contributed by atoms with van der Waals surface area (Å²) in [6.07, 6.45) is 0.453. The van der Waals surface area contributed by atoms with Crippen molar-refractivity contribution in [1.29, 1.82) is 0 Å². The Bertz CT molecular complexity index is 495. The van der Waals surface area contributed by atoms with Gasteiger partial charge in [-0.25, -0.2) is 12.8 Å². The SMILES string of the molecule is Nc1ccc(S(=O)(=O)C2CCOC2)cc1F. The Morgan fingerprint density at radius 3 is 2.75 bits per heavy atom. The molecule has 0 amide bonds. The molecule has 88 valence electrons. The lowest BCUT2D eigenvalue weighted by molar-refractivity contribution is 0.198. The fourth-order valence-electron chi connectivity index (χ4n) is 1.63. The molecule has 1 aliphatic heterocycles. The molecule has 1 unspecified atom stereocenters. The van der Waals surface area contributed by atoms with Gasteiger partial charge < -0.3 is 10.5 Å². The van der Waals surface area contributed by atoms with Crippen molar-refractivity contribution < 1.29 is 17.5 Å². The predicted molar refractivity (Wildman–Crippen MR) is 57.2 cm³/mol. The topological polar surface area (TPSA) is 69.4 Å².